The molecule has 20 heavy (non-hydrogen) atoms. The minimum absolute atomic E-state index is 0.120. The molecule has 0 saturated heterocycles. The first-order chi connectivity index (χ1) is 9.44. The molecular weight excluding hydrogens is 274 g/mol. The van der Waals surface area contributed by atoms with Gasteiger partial charge < -0.3 is 10.4 Å². The lowest BCUT2D eigenvalue weighted by Gasteiger charge is -2.26. The minimum Gasteiger partial charge on any atom is -0.384 e. The Kier molecular flexibility index (Phi) is 4.37. The van der Waals surface area contributed by atoms with E-state index < -0.39 is 0 Å². The summed E-state index contributed by atoms with van der Waals surface area (Å²) < 4.78 is 0. The topological polar surface area (TPSA) is 49.3 Å². The summed E-state index contributed by atoms with van der Waals surface area (Å²) in [6, 6.07) is 5.01. The van der Waals surface area contributed by atoms with Crippen molar-refractivity contribution in [2.24, 2.45) is 5.92 Å². The van der Waals surface area contributed by atoms with Crippen molar-refractivity contribution in [3.63, 3.8) is 0 Å². The SMILES string of the molecule is CC(C)(NC(=O)c1ccc(C#CCO)c(Cl)c1)C1CC1. The van der Waals surface area contributed by atoms with Crippen LogP contribution in [0.1, 0.15) is 42.6 Å². The molecule has 0 heterocycles. The molecule has 4 heteroatoms. The summed E-state index contributed by atoms with van der Waals surface area (Å²) in [6.07, 6.45) is 2.34. The molecule has 1 aromatic rings. The Hall–Kier alpha value is -1.50. The van der Waals surface area contributed by atoms with Crippen LogP contribution in [0.5, 0.6) is 0 Å². The largest absolute Gasteiger partial charge is 0.384 e. The molecule has 0 spiro atoms. The molecule has 0 unspecified atom stereocenters. The molecule has 106 valence electrons. The van der Waals surface area contributed by atoms with Crippen LogP contribution in [0.3, 0.4) is 0 Å². The third-order valence-corrected chi connectivity index (χ3v) is 3.88. The van der Waals surface area contributed by atoms with Crippen molar-refractivity contribution in [2.75, 3.05) is 6.61 Å². The molecule has 2 N–H and O–H groups in total. The smallest absolute Gasteiger partial charge is 0.251 e. The fourth-order valence-corrected chi connectivity index (χ4v) is 2.39. The molecule has 0 aromatic heterocycles. The fourth-order valence-electron chi connectivity index (χ4n) is 2.16. The summed E-state index contributed by atoms with van der Waals surface area (Å²) in [5.74, 6) is 5.72. The van der Waals surface area contributed by atoms with E-state index >= 15 is 0 Å². The molecule has 0 atom stereocenters. The number of nitrogens with one attached hydrogen (secondary N) is 1. The molecule has 0 bridgehead atoms. The summed E-state index contributed by atoms with van der Waals surface area (Å²) in [5.41, 5.74) is 0.954. The Labute approximate surface area is 124 Å². The van der Waals surface area contributed by atoms with Crippen molar-refractivity contribution >= 4 is 17.5 Å². The molecule has 0 radical (unpaired) electrons. The van der Waals surface area contributed by atoms with E-state index in [2.05, 4.69) is 17.2 Å². The fraction of sp³-hybridized carbons (Fsp3) is 0.438. The second kappa shape index (κ2) is 5.87. The zero-order valence-electron chi connectivity index (χ0n) is 11.7. The number of benzene rings is 1. The molecule has 1 fully saturated rings. The van der Waals surface area contributed by atoms with Crippen LogP contribution in [0.25, 0.3) is 0 Å². The van der Waals surface area contributed by atoms with Crippen molar-refractivity contribution in [1.29, 1.82) is 0 Å². The van der Waals surface area contributed by atoms with Crippen molar-refractivity contribution < 1.29 is 9.90 Å². The summed E-state index contributed by atoms with van der Waals surface area (Å²) in [4.78, 5) is 12.2. The van der Waals surface area contributed by atoms with Gasteiger partial charge in [0.1, 0.15) is 6.61 Å². The van der Waals surface area contributed by atoms with Crippen LogP contribution in [0.15, 0.2) is 18.2 Å². The van der Waals surface area contributed by atoms with E-state index in [-0.39, 0.29) is 18.1 Å². The highest BCUT2D eigenvalue weighted by Gasteiger charge is 2.38. The van der Waals surface area contributed by atoms with Gasteiger partial charge in [-0.2, -0.15) is 0 Å². The first-order valence-electron chi connectivity index (χ1n) is 6.66. The van der Waals surface area contributed by atoms with Crippen LogP contribution >= 0.6 is 11.6 Å². The van der Waals surface area contributed by atoms with E-state index in [1.807, 2.05) is 13.8 Å². The summed E-state index contributed by atoms with van der Waals surface area (Å²) in [5, 5.41) is 12.1. The quantitative estimate of drug-likeness (QED) is 0.841. The van der Waals surface area contributed by atoms with E-state index in [0.717, 1.165) is 0 Å². The number of halogens is 1. The monoisotopic (exact) mass is 291 g/mol. The zero-order valence-corrected chi connectivity index (χ0v) is 12.4. The molecule has 1 aliphatic rings. The molecule has 3 nitrogen and oxygen atoms in total. The minimum atomic E-state index is -0.214. The van der Waals surface area contributed by atoms with Gasteiger partial charge in [0.15, 0.2) is 0 Å². The standard InChI is InChI=1S/C16H18ClNO2/c1-16(2,13-7-8-13)18-15(20)12-6-5-11(4-3-9-19)14(17)10-12/h5-6,10,13,19H,7-9H2,1-2H3,(H,18,20). The lowest BCUT2D eigenvalue weighted by atomic mass is 9.98. The number of rotatable bonds is 3. The van der Waals surface area contributed by atoms with Crippen LogP contribution in [0.2, 0.25) is 5.02 Å². The Morgan fingerprint density at radius 3 is 2.75 bits per heavy atom. The maximum Gasteiger partial charge on any atom is 0.251 e. The Bertz CT molecular complexity index is 580. The van der Waals surface area contributed by atoms with Crippen molar-refractivity contribution in [3.05, 3.63) is 34.3 Å². The van der Waals surface area contributed by atoms with Gasteiger partial charge in [0.05, 0.1) is 5.02 Å². The van der Waals surface area contributed by atoms with Gasteiger partial charge in [-0.15, -0.1) is 0 Å². The van der Waals surface area contributed by atoms with Gasteiger partial charge in [-0.3, -0.25) is 4.79 Å². The predicted octanol–water partition coefficient (Wildman–Crippen LogP) is 2.60. The number of hydrogen-bond donors (Lipinski definition) is 2. The van der Waals surface area contributed by atoms with Gasteiger partial charge >= 0.3 is 0 Å². The molecule has 2 rings (SSSR count). The van der Waals surface area contributed by atoms with Gasteiger partial charge in [-0.05, 0) is 50.8 Å². The Morgan fingerprint density at radius 2 is 2.20 bits per heavy atom. The van der Waals surface area contributed by atoms with Crippen LogP contribution < -0.4 is 5.32 Å². The van der Waals surface area contributed by atoms with Crippen LogP contribution in [0, 0.1) is 17.8 Å². The third-order valence-electron chi connectivity index (χ3n) is 3.57. The lowest BCUT2D eigenvalue weighted by Crippen LogP contribution is -2.45. The number of carbonyl (C=O) groups excluding carboxylic acids is 1. The van der Waals surface area contributed by atoms with E-state index in [1.54, 1.807) is 18.2 Å². The van der Waals surface area contributed by atoms with Crippen molar-refractivity contribution in [2.45, 2.75) is 32.2 Å². The average Bonchev–Trinajstić information content (AvgIpc) is 3.21. The molecule has 1 aromatic carbocycles. The van der Waals surface area contributed by atoms with Gasteiger partial charge in [0.25, 0.3) is 5.91 Å². The van der Waals surface area contributed by atoms with E-state index in [1.165, 1.54) is 12.8 Å². The van der Waals surface area contributed by atoms with Crippen LogP contribution in [0.4, 0.5) is 0 Å². The lowest BCUT2D eigenvalue weighted by molar-refractivity contribution is 0.0903. The maximum absolute atomic E-state index is 12.2. The molecule has 0 aliphatic heterocycles. The number of aliphatic hydroxyl groups excluding tert-OH is 1. The van der Waals surface area contributed by atoms with Crippen molar-refractivity contribution in [3.8, 4) is 11.8 Å². The van der Waals surface area contributed by atoms with E-state index in [0.29, 0.717) is 22.1 Å². The molecule has 1 amide bonds. The first kappa shape index (κ1) is 14.9. The second-order valence-corrected chi connectivity index (χ2v) is 6.01. The van der Waals surface area contributed by atoms with Crippen LogP contribution in [-0.4, -0.2) is 23.2 Å². The van der Waals surface area contributed by atoms with Gasteiger partial charge in [-0.1, -0.05) is 23.4 Å². The third kappa shape index (κ3) is 3.53. The van der Waals surface area contributed by atoms with E-state index in [9.17, 15) is 4.79 Å². The number of carbonyl (C=O) groups is 1. The molecule has 1 saturated carbocycles. The maximum atomic E-state index is 12.2. The molecule has 1 aliphatic carbocycles. The summed E-state index contributed by atoms with van der Waals surface area (Å²) in [6.45, 7) is 3.88. The highest BCUT2D eigenvalue weighted by Crippen LogP contribution is 2.39. The van der Waals surface area contributed by atoms with Gasteiger partial charge in [0.2, 0.25) is 0 Å². The predicted molar refractivity (Wildman–Crippen MR) is 79.7 cm³/mol. The van der Waals surface area contributed by atoms with Crippen LogP contribution in [-0.2, 0) is 0 Å². The number of amides is 1. The second-order valence-electron chi connectivity index (χ2n) is 5.60. The average molecular weight is 292 g/mol. The number of aliphatic hydroxyl groups is 1. The normalized spacial score (nSPS) is 14.4. The molecular formula is C16H18ClNO2. The highest BCUT2D eigenvalue weighted by molar-refractivity contribution is 6.32. The van der Waals surface area contributed by atoms with Gasteiger partial charge in [-0.25, -0.2) is 0 Å². The zero-order chi connectivity index (χ0) is 14.8. The first-order valence-corrected chi connectivity index (χ1v) is 7.03. The summed E-state index contributed by atoms with van der Waals surface area (Å²) >= 11 is 6.09. The highest BCUT2D eigenvalue weighted by atomic mass is 35.5. The van der Waals surface area contributed by atoms with Gasteiger partial charge in [0, 0.05) is 16.7 Å². The van der Waals surface area contributed by atoms with E-state index in [4.69, 9.17) is 16.7 Å². The Balaban J connectivity index is 2.12. The number of hydrogen-bond acceptors (Lipinski definition) is 2. The summed E-state index contributed by atoms with van der Waals surface area (Å²) in [7, 11) is 0. The Morgan fingerprint density at radius 1 is 1.50 bits per heavy atom. The van der Waals surface area contributed by atoms with Crippen molar-refractivity contribution in [1.82, 2.24) is 5.32 Å².